The number of H-pyrrole nitrogens is 3. The first-order valence-electron chi connectivity index (χ1n) is 34.5. The monoisotopic (exact) mass is 1520 g/mol. The molecule has 0 bridgehead atoms. The minimum absolute atomic E-state index is 0.127. The van der Waals surface area contributed by atoms with Crippen molar-refractivity contribution in [3.63, 3.8) is 0 Å². The summed E-state index contributed by atoms with van der Waals surface area (Å²) in [5.74, 6) is -18.7. The number of fused-ring (bicyclic) bond motifs is 1. The van der Waals surface area contributed by atoms with E-state index in [0.717, 1.165) is 21.6 Å². The SMILES string of the molecule is CC[C@H](C)[C@H](N)C(=O)N[C@H]1CSSC[C@@H](C(=O)N[C@H](C(N)=O)[C@@H](C)O)NC(=O)[C@H](CCCCN)NC(=O)[C@H](Cc2cnc[nH]2)NC(=O)[C@H](Cc2cnc[nH]2)NC(=O)CNC(=O)[C@H](Cc2c[nH]c3ccccc23)NC(=O)[C@H](CC(=O)O)NC(=O)[C@H](CCC(N)=O)NC(=O)[C@H](C(C)C)NC(=O)[C@H](C(C)C)NC1=O. The lowest BCUT2D eigenvalue weighted by atomic mass is 9.98. The molecule has 1 aliphatic heterocycles. The van der Waals surface area contributed by atoms with Gasteiger partial charge in [0.1, 0.15) is 66.5 Å². The predicted molar refractivity (Wildman–Crippen MR) is 387 cm³/mol. The second kappa shape index (κ2) is 42.7. The highest BCUT2D eigenvalue weighted by Crippen LogP contribution is 2.25. The highest BCUT2D eigenvalue weighted by Gasteiger charge is 2.39. The third kappa shape index (κ3) is 27.4. The van der Waals surface area contributed by atoms with Crippen LogP contribution in [-0.2, 0) is 91.2 Å². The Morgan fingerprint density at radius 3 is 1.69 bits per heavy atom. The van der Waals surface area contributed by atoms with E-state index in [-0.39, 0.29) is 44.4 Å². The number of carbonyl (C=O) groups excluding carboxylic acids is 14. The van der Waals surface area contributed by atoms with E-state index < -0.39 is 217 Å². The fourth-order valence-electron chi connectivity index (χ4n) is 10.9. The number of para-hydroxylation sites is 1. The molecule has 4 aromatic rings. The summed E-state index contributed by atoms with van der Waals surface area (Å²) in [6, 6.07) is -12.3. The molecular formula is C66H99N21O17S2. The van der Waals surface area contributed by atoms with Gasteiger partial charge in [0.25, 0.3) is 0 Å². The van der Waals surface area contributed by atoms with Crippen LogP contribution in [0.25, 0.3) is 10.9 Å². The van der Waals surface area contributed by atoms with Crippen LogP contribution in [-0.4, -0.2) is 227 Å². The maximum absolute atomic E-state index is 14.8. The molecule has 38 nitrogen and oxygen atoms in total. The number of carbonyl (C=O) groups is 15. The maximum atomic E-state index is 14.8. The smallest absolute Gasteiger partial charge is 0.305 e. The molecule has 582 valence electrons. The zero-order chi connectivity index (χ0) is 78.5. The van der Waals surface area contributed by atoms with Crippen LogP contribution >= 0.6 is 21.6 Å². The Balaban J connectivity index is 1.64. The summed E-state index contributed by atoms with van der Waals surface area (Å²) in [5.41, 5.74) is 24.9. The molecule has 1 aromatic carbocycles. The molecule has 1 saturated heterocycles. The number of aliphatic hydroxyl groups is 1. The Morgan fingerprint density at radius 2 is 1.13 bits per heavy atom. The Kier molecular flexibility index (Phi) is 34.8. The van der Waals surface area contributed by atoms with Gasteiger partial charge in [-0.05, 0) is 68.5 Å². The van der Waals surface area contributed by atoms with Crippen molar-refractivity contribution >= 4 is 121 Å². The number of unbranched alkanes of at least 4 members (excludes halogenated alkanes) is 1. The summed E-state index contributed by atoms with van der Waals surface area (Å²) >= 11 is 0. The third-order valence-corrected chi connectivity index (χ3v) is 19.7. The van der Waals surface area contributed by atoms with Crippen molar-refractivity contribution in [3.8, 4) is 0 Å². The Hall–Kier alpha value is -10.2. The molecule has 1 aliphatic rings. The van der Waals surface area contributed by atoms with Gasteiger partial charge in [-0.3, -0.25) is 71.9 Å². The molecule has 0 saturated carbocycles. The van der Waals surface area contributed by atoms with Crippen LogP contribution in [0.2, 0.25) is 0 Å². The Labute approximate surface area is 618 Å². The number of aliphatic carboxylic acids is 1. The molecule has 4 heterocycles. The lowest BCUT2D eigenvalue weighted by Gasteiger charge is -2.30. The third-order valence-electron chi connectivity index (χ3n) is 17.3. The van der Waals surface area contributed by atoms with Crippen molar-refractivity contribution < 1.29 is 82.1 Å². The number of imidazole rings is 2. The molecule has 1 fully saturated rings. The number of nitrogens with two attached hydrogens (primary N) is 4. The summed E-state index contributed by atoms with van der Waals surface area (Å²) in [4.78, 5) is 228. The summed E-state index contributed by atoms with van der Waals surface area (Å²) in [7, 11) is 1.75. The van der Waals surface area contributed by atoms with Crippen LogP contribution in [0.15, 0.2) is 55.5 Å². The van der Waals surface area contributed by atoms with Crippen LogP contribution < -0.4 is 86.7 Å². The van der Waals surface area contributed by atoms with E-state index in [9.17, 15) is 82.1 Å². The molecule has 25 N–H and O–H groups in total. The first-order valence-corrected chi connectivity index (χ1v) is 37.0. The lowest BCUT2D eigenvalue weighted by molar-refractivity contribution is -0.141. The quantitative estimate of drug-likeness (QED) is 0.0218. The van der Waals surface area contributed by atoms with E-state index in [4.69, 9.17) is 22.9 Å². The number of hydrogen-bond donors (Lipinski definition) is 21. The number of nitrogens with one attached hydrogen (secondary N) is 15. The summed E-state index contributed by atoms with van der Waals surface area (Å²) in [6.07, 6.45) is 2.92. The van der Waals surface area contributed by atoms with E-state index in [0.29, 0.717) is 40.7 Å². The molecule has 0 spiro atoms. The van der Waals surface area contributed by atoms with Crippen LogP contribution in [0.3, 0.4) is 0 Å². The van der Waals surface area contributed by atoms with Crippen molar-refractivity contribution in [2.45, 2.75) is 191 Å². The normalized spacial score (nSPS) is 23.5. The largest absolute Gasteiger partial charge is 0.481 e. The van der Waals surface area contributed by atoms with E-state index >= 15 is 0 Å². The Bertz CT molecular complexity index is 3690. The topological polar surface area (TPSA) is 618 Å². The Morgan fingerprint density at radius 1 is 0.613 bits per heavy atom. The lowest BCUT2D eigenvalue weighted by Crippen LogP contribution is -2.62. The van der Waals surface area contributed by atoms with Crippen molar-refractivity contribution in [1.82, 2.24) is 88.7 Å². The van der Waals surface area contributed by atoms with Crippen LogP contribution in [0.5, 0.6) is 0 Å². The van der Waals surface area contributed by atoms with Gasteiger partial charge in [0.15, 0.2) is 0 Å². The number of aromatic amines is 3. The average molecular weight is 1520 g/mol. The summed E-state index contributed by atoms with van der Waals surface area (Å²) < 4.78 is 0. The number of rotatable bonds is 25. The van der Waals surface area contributed by atoms with Gasteiger partial charge in [-0.1, -0.05) is 87.8 Å². The van der Waals surface area contributed by atoms with Crippen LogP contribution in [0, 0.1) is 17.8 Å². The van der Waals surface area contributed by atoms with E-state index in [2.05, 4.69) is 88.7 Å². The zero-order valence-electron chi connectivity index (χ0n) is 59.9. The molecule has 40 heteroatoms. The summed E-state index contributed by atoms with van der Waals surface area (Å²) in [5, 5.41) is 51.5. The number of aromatic nitrogens is 5. The highest BCUT2D eigenvalue weighted by molar-refractivity contribution is 8.76. The number of primary amides is 2. The molecule has 0 radical (unpaired) electrons. The van der Waals surface area contributed by atoms with Gasteiger partial charge in [-0.15, -0.1) is 0 Å². The maximum Gasteiger partial charge on any atom is 0.305 e. The molecule has 5 rings (SSSR count). The van der Waals surface area contributed by atoms with E-state index in [1.165, 1.54) is 52.0 Å². The van der Waals surface area contributed by atoms with Gasteiger partial charge in [-0.25, -0.2) is 9.97 Å². The molecule has 14 atom stereocenters. The van der Waals surface area contributed by atoms with E-state index in [1.807, 2.05) is 0 Å². The number of nitrogens with zero attached hydrogens (tertiary/aromatic N) is 2. The molecular weight excluding hydrogens is 1420 g/mol. The van der Waals surface area contributed by atoms with Gasteiger partial charge >= 0.3 is 5.97 Å². The predicted octanol–water partition coefficient (Wildman–Crippen LogP) is -5.09. The van der Waals surface area contributed by atoms with E-state index in [1.54, 1.807) is 52.0 Å². The number of aliphatic hydroxyl groups excluding tert-OH is 1. The van der Waals surface area contributed by atoms with Crippen molar-refractivity contribution in [2.75, 3.05) is 24.6 Å². The molecule has 3 aromatic heterocycles. The van der Waals surface area contributed by atoms with Crippen LogP contribution in [0.4, 0.5) is 0 Å². The minimum atomic E-state index is -2.03. The highest BCUT2D eigenvalue weighted by atomic mass is 33.1. The number of hydrogen-bond acceptors (Lipinski definition) is 22. The van der Waals surface area contributed by atoms with Crippen LogP contribution in [0.1, 0.15) is 110 Å². The van der Waals surface area contributed by atoms with Gasteiger partial charge in [-0.2, -0.15) is 0 Å². The first kappa shape index (κ1) is 86.5. The molecule has 0 aliphatic carbocycles. The average Bonchev–Trinajstić information content (AvgIpc) is 1.65. The zero-order valence-corrected chi connectivity index (χ0v) is 61.5. The second-order valence-electron chi connectivity index (χ2n) is 26.3. The van der Waals surface area contributed by atoms with Crippen molar-refractivity contribution in [3.05, 3.63) is 72.5 Å². The number of benzene rings is 1. The fraction of sp³-hybridized carbons (Fsp3) is 0.561. The molecule has 106 heavy (non-hydrogen) atoms. The summed E-state index contributed by atoms with van der Waals surface area (Å²) in [6.45, 7) is 10.1. The second-order valence-corrected chi connectivity index (χ2v) is 28.9. The standard InChI is InChI=1S/C66H99N21O17S2/c1-8-33(6)51(69)64(102)84-47-28-106-105-27-46(63(101)87-54(34(7)88)55(70)93)83-57(95)40(15-11-12-18-67)78-60(98)44(21-37-25-72-30-76-37)81-59(97)43(20-36-24-71-29-75-36)77-49(90)26-74-56(94)42(19-35-23-73-39-14-10-9-13-38(35)39)80-61(99)45(22-50(91)92)82-58(96)41(16-17-48(68)89)79-65(103)52(31(2)3)86-66(104)53(32(4)5)85-62(47)100/h9-10,13-14,23-25,29-34,40-47,51-54,73,88H,8,11-12,15-22,26-28,67,69H2,1-7H3,(H2,68,89)(H2,70,93)(H,71,75)(H,72,76)(H,74,94)(H,77,90)(H,78,98)(H,79,103)(H,80,99)(H,81,97)(H,82,96)(H,83,95)(H,84,102)(H,85,100)(H,86,104)(H,87,101)(H,91,92)/t33-,34+,40-,41-,42-,43-,44-,45-,46-,47-,51-,52-,53-,54-/m0/s1. The van der Waals surface area contributed by atoms with Gasteiger partial charge in [0, 0.05) is 78.1 Å². The van der Waals surface area contributed by atoms with Gasteiger partial charge < -0.3 is 112 Å². The minimum Gasteiger partial charge on any atom is -0.481 e. The molecule has 14 amide bonds. The fourth-order valence-corrected chi connectivity index (χ4v) is 13.2. The number of carboxylic acids is 1. The number of amides is 14. The number of carboxylic acid groups (broad SMARTS) is 1. The van der Waals surface area contributed by atoms with Gasteiger partial charge in [0.2, 0.25) is 82.7 Å². The van der Waals surface area contributed by atoms with Gasteiger partial charge in [0.05, 0.1) is 37.8 Å². The van der Waals surface area contributed by atoms with Crippen molar-refractivity contribution in [2.24, 2.45) is 40.7 Å². The van der Waals surface area contributed by atoms with Crippen molar-refractivity contribution in [1.29, 1.82) is 0 Å². The molecule has 0 unspecified atom stereocenters. The first-order chi connectivity index (χ1) is 50.2.